The van der Waals surface area contributed by atoms with E-state index in [0.717, 1.165) is 38.9 Å². The Bertz CT molecular complexity index is 2370. The topological polar surface area (TPSA) is 31.0 Å². The molecule has 0 aliphatic heterocycles. The molecule has 0 N–H and O–H groups in total. The van der Waals surface area contributed by atoms with E-state index in [-0.39, 0.29) is 10.8 Å². The summed E-state index contributed by atoms with van der Waals surface area (Å²) in [5, 5.41) is 3.64. The van der Waals surface area contributed by atoms with Crippen LogP contribution in [0.15, 0.2) is 126 Å². The largest absolute Gasteiger partial charge is 0.454 e. The standard InChI is InChI=1S/C43H38N2O/c1-42(2,3)31-16-18-37-34(25-31)35-26-32(43(4,5)6)17-19-38(35)45(37)33-13-8-12-29(23-33)27-10-7-11-28(22-27)30-15-20-39-36(24-30)41-40(46-39)14-9-21-44-41/h7-26H,1-6H3. The minimum atomic E-state index is 0.0704. The molecule has 0 bridgehead atoms. The molecule has 0 unspecified atom stereocenters. The number of hydrogen-bond donors (Lipinski definition) is 0. The van der Waals surface area contributed by atoms with Crippen molar-refractivity contribution in [2.75, 3.05) is 0 Å². The van der Waals surface area contributed by atoms with Gasteiger partial charge in [0.05, 0.1) is 11.0 Å². The first kappa shape index (κ1) is 28.3. The molecule has 0 aliphatic carbocycles. The Labute approximate surface area is 270 Å². The molecule has 0 amide bonds. The van der Waals surface area contributed by atoms with Crippen molar-refractivity contribution < 1.29 is 4.42 Å². The highest BCUT2D eigenvalue weighted by Crippen LogP contribution is 2.39. The first-order chi connectivity index (χ1) is 22.0. The highest BCUT2D eigenvalue weighted by Gasteiger charge is 2.21. The Balaban J connectivity index is 1.26. The Kier molecular flexibility index (Phi) is 6.27. The van der Waals surface area contributed by atoms with E-state index in [9.17, 15) is 0 Å². The van der Waals surface area contributed by atoms with Gasteiger partial charge in [-0.25, -0.2) is 0 Å². The SMILES string of the molecule is CC(C)(C)c1ccc2c(c1)c1cc(C(C)(C)C)ccc1n2-c1cccc(-c2cccc(-c3ccc4oc5cccnc5c4c3)c2)c1. The van der Waals surface area contributed by atoms with Crippen molar-refractivity contribution in [1.29, 1.82) is 0 Å². The summed E-state index contributed by atoms with van der Waals surface area (Å²) < 4.78 is 8.46. The summed E-state index contributed by atoms with van der Waals surface area (Å²) in [6.07, 6.45) is 1.82. The van der Waals surface area contributed by atoms with E-state index in [4.69, 9.17) is 4.42 Å². The molecule has 0 aliphatic rings. The number of furan rings is 1. The van der Waals surface area contributed by atoms with Gasteiger partial charge >= 0.3 is 0 Å². The molecule has 0 fully saturated rings. The molecule has 0 saturated carbocycles. The van der Waals surface area contributed by atoms with Crippen LogP contribution < -0.4 is 0 Å². The fraction of sp³-hybridized carbons (Fsp3) is 0.186. The van der Waals surface area contributed by atoms with Gasteiger partial charge in [0, 0.05) is 28.0 Å². The molecule has 226 valence electrons. The van der Waals surface area contributed by atoms with Gasteiger partial charge in [-0.3, -0.25) is 4.98 Å². The molecular weight excluding hydrogens is 560 g/mol. The Hall–Kier alpha value is -5.15. The maximum atomic E-state index is 6.03. The molecule has 0 radical (unpaired) electrons. The van der Waals surface area contributed by atoms with Crippen molar-refractivity contribution in [2.24, 2.45) is 0 Å². The predicted octanol–water partition coefficient (Wildman–Crippen LogP) is 12.0. The lowest BCUT2D eigenvalue weighted by atomic mass is 9.85. The zero-order chi connectivity index (χ0) is 31.8. The van der Waals surface area contributed by atoms with Gasteiger partial charge in [0.15, 0.2) is 5.58 Å². The Morgan fingerprint density at radius 1 is 0.500 bits per heavy atom. The Morgan fingerprint density at radius 3 is 1.72 bits per heavy atom. The number of pyridine rings is 1. The van der Waals surface area contributed by atoms with Crippen molar-refractivity contribution in [2.45, 2.75) is 52.4 Å². The first-order valence-corrected chi connectivity index (χ1v) is 16.1. The van der Waals surface area contributed by atoms with Crippen LogP contribution in [0.3, 0.4) is 0 Å². The highest BCUT2D eigenvalue weighted by molar-refractivity contribution is 6.10. The van der Waals surface area contributed by atoms with Crippen LogP contribution in [-0.4, -0.2) is 9.55 Å². The lowest BCUT2D eigenvalue weighted by Gasteiger charge is -2.19. The number of aromatic nitrogens is 2. The van der Waals surface area contributed by atoms with Crippen LogP contribution in [0.5, 0.6) is 0 Å². The predicted molar refractivity (Wildman–Crippen MR) is 194 cm³/mol. The average Bonchev–Trinajstić information content (AvgIpc) is 3.58. The maximum Gasteiger partial charge on any atom is 0.153 e. The zero-order valence-electron chi connectivity index (χ0n) is 27.3. The third-order valence-corrected chi connectivity index (χ3v) is 9.36. The summed E-state index contributed by atoms with van der Waals surface area (Å²) in [6.45, 7) is 13.7. The smallest absolute Gasteiger partial charge is 0.153 e. The van der Waals surface area contributed by atoms with Gasteiger partial charge in [-0.1, -0.05) is 90.1 Å². The van der Waals surface area contributed by atoms with E-state index in [2.05, 4.69) is 154 Å². The van der Waals surface area contributed by atoms with Crippen molar-refractivity contribution >= 4 is 43.9 Å². The zero-order valence-corrected chi connectivity index (χ0v) is 27.3. The van der Waals surface area contributed by atoms with Crippen LogP contribution in [0, 0.1) is 0 Å². The third kappa shape index (κ3) is 4.70. The number of rotatable bonds is 3. The Morgan fingerprint density at radius 2 is 1.09 bits per heavy atom. The molecular formula is C43H38N2O. The van der Waals surface area contributed by atoms with Crippen LogP contribution in [0.4, 0.5) is 0 Å². The maximum absolute atomic E-state index is 6.03. The normalized spacial score (nSPS) is 12.6. The minimum absolute atomic E-state index is 0.0704. The van der Waals surface area contributed by atoms with Gasteiger partial charge in [0.1, 0.15) is 11.1 Å². The van der Waals surface area contributed by atoms with Crippen LogP contribution in [0.2, 0.25) is 0 Å². The molecule has 3 aromatic heterocycles. The van der Waals surface area contributed by atoms with Gasteiger partial charge in [0.2, 0.25) is 0 Å². The summed E-state index contributed by atoms with van der Waals surface area (Å²) in [5.74, 6) is 0. The summed E-state index contributed by atoms with van der Waals surface area (Å²) >= 11 is 0. The van der Waals surface area contributed by atoms with Gasteiger partial charge < -0.3 is 8.98 Å². The van der Waals surface area contributed by atoms with E-state index in [1.807, 2.05) is 18.3 Å². The lowest BCUT2D eigenvalue weighted by Crippen LogP contribution is -2.10. The van der Waals surface area contributed by atoms with Gasteiger partial charge in [-0.05, 0) is 111 Å². The summed E-state index contributed by atoms with van der Waals surface area (Å²) in [6, 6.07) is 42.0. The summed E-state index contributed by atoms with van der Waals surface area (Å²) in [5.41, 5.74) is 13.7. The molecule has 5 aromatic carbocycles. The summed E-state index contributed by atoms with van der Waals surface area (Å²) in [7, 11) is 0. The van der Waals surface area contributed by atoms with Crippen molar-refractivity contribution in [3.63, 3.8) is 0 Å². The molecule has 3 nitrogen and oxygen atoms in total. The third-order valence-electron chi connectivity index (χ3n) is 9.36. The molecule has 8 aromatic rings. The number of fused-ring (bicyclic) bond motifs is 6. The van der Waals surface area contributed by atoms with Crippen LogP contribution in [0.25, 0.3) is 71.8 Å². The molecule has 46 heavy (non-hydrogen) atoms. The monoisotopic (exact) mass is 598 g/mol. The van der Waals surface area contributed by atoms with Gasteiger partial charge in [-0.2, -0.15) is 0 Å². The van der Waals surface area contributed by atoms with Gasteiger partial charge in [0.25, 0.3) is 0 Å². The van der Waals surface area contributed by atoms with E-state index in [1.165, 1.54) is 44.1 Å². The van der Waals surface area contributed by atoms with Crippen molar-refractivity contribution in [3.05, 3.63) is 133 Å². The van der Waals surface area contributed by atoms with E-state index < -0.39 is 0 Å². The van der Waals surface area contributed by atoms with Crippen molar-refractivity contribution in [3.8, 4) is 27.9 Å². The lowest BCUT2D eigenvalue weighted by molar-refractivity contribution is 0.590. The highest BCUT2D eigenvalue weighted by atomic mass is 16.3. The van der Waals surface area contributed by atoms with Crippen LogP contribution >= 0.6 is 0 Å². The molecule has 3 heterocycles. The second-order valence-corrected chi connectivity index (χ2v) is 14.6. The van der Waals surface area contributed by atoms with Crippen molar-refractivity contribution in [1.82, 2.24) is 9.55 Å². The molecule has 0 saturated heterocycles. The average molecular weight is 599 g/mol. The van der Waals surface area contributed by atoms with Crippen LogP contribution in [-0.2, 0) is 10.8 Å². The summed E-state index contributed by atoms with van der Waals surface area (Å²) in [4.78, 5) is 4.58. The number of hydrogen-bond acceptors (Lipinski definition) is 2. The molecule has 8 rings (SSSR count). The second-order valence-electron chi connectivity index (χ2n) is 14.6. The molecule has 0 atom stereocenters. The van der Waals surface area contributed by atoms with E-state index in [1.54, 1.807) is 0 Å². The fourth-order valence-electron chi connectivity index (χ4n) is 6.71. The van der Waals surface area contributed by atoms with E-state index in [0.29, 0.717) is 0 Å². The quantitative estimate of drug-likeness (QED) is 0.203. The van der Waals surface area contributed by atoms with Gasteiger partial charge in [-0.15, -0.1) is 0 Å². The fourth-order valence-corrected chi connectivity index (χ4v) is 6.71. The minimum Gasteiger partial charge on any atom is -0.454 e. The second kappa shape index (κ2) is 10.2. The molecule has 0 spiro atoms. The molecule has 3 heteroatoms. The first-order valence-electron chi connectivity index (χ1n) is 16.1. The van der Waals surface area contributed by atoms with E-state index >= 15 is 0 Å². The number of benzene rings is 5. The van der Waals surface area contributed by atoms with Crippen LogP contribution in [0.1, 0.15) is 52.7 Å². The number of nitrogens with zero attached hydrogens (tertiary/aromatic N) is 2.